The number of anilines is 1. The standard InChI is InChI=1S/C18H23N3OS2.ClH/c1-13-12-23-18(20-13)24-16-5-3-15(4-6-16)21-17(22)7-2-14-8-10-19-11-9-14;/h3-6,12,14,19H,2,7-11H2,1H3,(H,21,22);1H. The highest BCUT2D eigenvalue weighted by atomic mass is 35.5. The molecule has 7 heteroatoms. The van der Waals surface area contributed by atoms with Crippen LogP contribution in [0.3, 0.4) is 0 Å². The summed E-state index contributed by atoms with van der Waals surface area (Å²) < 4.78 is 1.05. The van der Waals surface area contributed by atoms with Crippen molar-refractivity contribution in [3.05, 3.63) is 35.3 Å². The molecular formula is C18H24ClN3OS2. The highest BCUT2D eigenvalue weighted by molar-refractivity contribution is 8.01. The number of hydrogen-bond acceptors (Lipinski definition) is 5. The van der Waals surface area contributed by atoms with E-state index in [4.69, 9.17) is 0 Å². The van der Waals surface area contributed by atoms with Crippen molar-refractivity contribution in [3.63, 3.8) is 0 Å². The van der Waals surface area contributed by atoms with E-state index in [9.17, 15) is 4.79 Å². The molecule has 25 heavy (non-hydrogen) atoms. The number of piperidine rings is 1. The van der Waals surface area contributed by atoms with Gasteiger partial charge in [0.2, 0.25) is 5.91 Å². The topological polar surface area (TPSA) is 54.0 Å². The summed E-state index contributed by atoms with van der Waals surface area (Å²) in [7, 11) is 0. The van der Waals surface area contributed by atoms with Gasteiger partial charge < -0.3 is 10.6 Å². The number of benzene rings is 1. The summed E-state index contributed by atoms with van der Waals surface area (Å²) in [4.78, 5) is 17.7. The van der Waals surface area contributed by atoms with Crippen molar-refractivity contribution < 1.29 is 4.79 Å². The first kappa shape index (κ1) is 20.2. The van der Waals surface area contributed by atoms with Crippen molar-refractivity contribution in [3.8, 4) is 0 Å². The van der Waals surface area contributed by atoms with E-state index >= 15 is 0 Å². The first-order valence-electron chi connectivity index (χ1n) is 8.39. The Labute approximate surface area is 163 Å². The van der Waals surface area contributed by atoms with Crippen LogP contribution >= 0.6 is 35.5 Å². The number of carbonyl (C=O) groups excluding carboxylic acids is 1. The Kier molecular flexibility index (Phi) is 8.22. The van der Waals surface area contributed by atoms with Crippen LogP contribution in [0.1, 0.15) is 31.4 Å². The molecule has 1 aliphatic rings. The zero-order chi connectivity index (χ0) is 16.8. The van der Waals surface area contributed by atoms with Crippen molar-refractivity contribution in [2.24, 2.45) is 5.92 Å². The minimum atomic E-state index is 0. The first-order valence-corrected chi connectivity index (χ1v) is 10.1. The number of nitrogens with one attached hydrogen (secondary N) is 2. The van der Waals surface area contributed by atoms with E-state index in [2.05, 4.69) is 21.0 Å². The maximum absolute atomic E-state index is 12.1. The lowest BCUT2D eigenvalue weighted by Crippen LogP contribution is -2.28. The van der Waals surface area contributed by atoms with Gasteiger partial charge in [-0.3, -0.25) is 4.79 Å². The number of rotatable bonds is 6. The van der Waals surface area contributed by atoms with E-state index in [1.807, 2.05) is 31.2 Å². The lowest BCUT2D eigenvalue weighted by atomic mass is 9.93. The molecule has 2 heterocycles. The number of nitrogens with zero attached hydrogens (tertiary/aromatic N) is 1. The van der Waals surface area contributed by atoms with E-state index in [0.717, 1.165) is 40.1 Å². The molecule has 1 fully saturated rings. The first-order chi connectivity index (χ1) is 11.7. The second-order valence-electron chi connectivity index (χ2n) is 6.16. The van der Waals surface area contributed by atoms with Gasteiger partial charge in [0.15, 0.2) is 4.34 Å². The molecule has 0 bridgehead atoms. The van der Waals surface area contributed by atoms with Gasteiger partial charge in [-0.15, -0.1) is 23.7 Å². The maximum atomic E-state index is 12.1. The van der Waals surface area contributed by atoms with E-state index in [0.29, 0.717) is 12.3 Å². The van der Waals surface area contributed by atoms with Gasteiger partial charge in [-0.2, -0.15) is 0 Å². The molecule has 2 N–H and O–H groups in total. The molecule has 0 saturated carbocycles. The maximum Gasteiger partial charge on any atom is 0.224 e. The van der Waals surface area contributed by atoms with Crippen molar-refractivity contribution in [1.82, 2.24) is 10.3 Å². The molecule has 0 spiro atoms. The predicted octanol–water partition coefficient (Wildman–Crippen LogP) is 4.74. The Balaban J connectivity index is 0.00000225. The van der Waals surface area contributed by atoms with Gasteiger partial charge in [-0.1, -0.05) is 11.8 Å². The van der Waals surface area contributed by atoms with Crippen molar-refractivity contribution in [2.45, 2.75) is 41.8 Å². The van der Waals surface area contributed by atoms with Crippen LogP contribution in [0.5, 0.6) is 0 Å². The Morgan fingerprint density at radius 2 is 2.04 bits per heavy atom. The third-order valence-corrected chi connectivity index (χ3v) is 6.24. The molecule has 2 aromatic rings. The molecule has 1 aromatic carbocycles. The summed E-state index contributed by atoms with van der Waals surface area (Å²) in [5.74, 6) is 0.807. The number of carbonyl (C=O) groups is 1. The van der Waals surface area contributed by atoms with Crippen LogP contribution < -0.4 is 10.6 Å². The van der Waals surface area contributed by atoms with Crippen LogP contribution in [-0.4, -0.2) is 24.0 Å². The number of halogens is 1. The highest BCUT2D eigenvalue weighted by Crippen LogP contribution is 2.30. The average Bonchev–Trinajstić information content (AvgIpc) is 3.01. The highest BCUT2D eigenvalue weighted by Gasteiger charge is 2.14. The Morgan fingerprint density at radius 3 is 2.68 bits per heavy atom. The summed E-state index contributed by atoms with van der Waals surface area (Å²) in [5, 5.41) is 8.41. The average molecular weight is 398 g/mol. The molecule has 0 unspecified atom stereocenters. The van der Waals surface area contributed by atoms with Gasteiger partial charge in [-0.25, -0.2) is 4.98 Å². The fourth-order valence-electron chi connectivity index (χ4n) is 2.82. The van der Waals surface area contributed by atoms with Gasteiger partial charge in [0.05, 0.1) is 0 Å². The van der Waals surface area contributed by atoms with Gasteiger partial charge in [-0.05, 0) is 69.5 Å². The molecule has 0 aliphatic carbocycles. The summed E-state index contributed by atoms with van der Waals surface area (Å²) in [6.45, 7) is 4.18. The fourth-order valence-corrected chi connectivity index (χ4v) is 4.63. The quantitative estimate of drug-likeness (QED) is 0.738. The van der Waals surface area contributed by atoms with E-state index in [1.165, 1.54) is 12.8 Å². The SMILES string of the molecule is Cc1csc(Sc2ccc(NC(=O)CCC3CCNCC3)cc2)n1.Cl. The van der Waals surface area contributed by atoms with Crippen LogP contribution in [0.2, 0.25) is 0 Å². The molecule has 1 saturated heterocycles. The lowest BCUT2D eigenvalue weighted by molar-refractivity contribution is -0.116. The molecule has 1 amide bonds. The van der Waals surface area contributed by atoms with Crippen molar-refractivity contribution in [1.29, 1.82) is 0 Å². The van der Waals surface area contributed by atoms with Gasteiger partial charge >= 0.3 is 0 Å². The number of aryl methyl sites for hydroxylation is 1. The fraction of sp³-hybridized carbons (Fsp3) is 0.444. The third kappa shape index (κ3) is 6.62. The summed E-state index contributed by atoms with van der Waals surface area (Å²) in [6, 6.07) is 7.99. The lowest BCUT2D eigenvalue weighted by Gasteiger charge is -2.22. The van der Waals surface area contributed by atoms with Crippen LogP contribution in [-0.2, 0) is 4.79 Å². The predicted molar refractivity (Wildman–Crippen MR) is 108 cm³/mol. The number of amides is 1. The number of hydrogen-bond donors (Lipinski definition) is 2. The molecule has 1 aromatic heterocycles. The van der Waals surface area contributed by atoms with E-state index in [1.54, 1.807) is 23.1 Å². The normalized spacial score (nSPS) is 14.8. The van der Waals surface area contributed by atoms with Crippen molar-refractivity contribution >= 4 is 47.1 Å². The zero-order valence-corrected chi connectivity index (χ0v) is 16.7. The Morgan fingerprint density at radius 1 is 1.32 bits per heavy atom. The number of thiazole rings is 1. The molecular weight excluding hydrogens is 374 g/mol. The van der Waals surface area contributed by atoms with Crippen LogP contribution in [0, 0.1) is 12.8 Å². The Bertz CT molecular complexity index is 669. The smallest absolute Gasteiger partial charge is 0.224 e. The van der Waals surface area contributed by atoms with Gasteiger partial charge in [0, 0.05) is 28.1 Å². The summed E-state index contributed by atoms with van der Waals surface area (Å²) >= 11 is 3.31. The second kappa shape index (κ2) is 10.2. The Hall–Kier alpha value is -1.08. The van der Waals surface area contributed by atoms with Gasteiger partial charge in [0.1, 0.15) is 0 Å². The monoisotopic (exact) mass is 397 g/mol. The minimum Gasteiger partial charge on any atom is -0.326 e. The molecule has 1 aliphatic heterocycles. The van der Waals surface area contributed by atoms with E-state index in [-0.39, 0.29) is 18.3 Å². The molecule has 3 rings (SSSR count). The van der Waals surface area contributed by atoms with E-state index < -0.39 is 0 Å². The van der Waals surface area contributed by atoms with Crippen LogP contribution in [0.25, 0.3) is 0 Å². The van der Waals surface area contributed by atoms with Gasteiger partial charge in [0.25, 0.3) is 0 Å². The molecule has 136 valence electrons. The molecule has 0 atom stereocenters. The summed E-state index contributed by atoms with van der Waals surface area (Å²) in [5.41, 5.74) is 1.92. The zero-order valence-electron chi connectivity index (χ0n) is 14.3. The van der Waals surface area contributed by atoms with Crippen molar-refractivity contribution in [2.75, 3.05) is 18.4 Å². The van der Waals surface area contributed by atoms with Crippen LogP contribution in [0.4, 0.5) is 5.69 Å². The summed E-state index contributed by atoms with van der Waals surface area (Å²) in [6.07, 6.45) is 3.98. The molecule has 4 nitrogen and oxygen atoms in total. The number of aromatic nitrogens is 1. The third-order valence-electron chi connectivity index (χ3n) is 4.18. The molecule has 0 radical (unpaired) electrons. The minimum absolute atomic E-state index is 0. The van der Waals surface area contributed by atoms with Crippen LogP contribution in [0.15, 0.2) is 38.9 Å². The second-order valence-corrected chi connectivity index (χ2v) is 8.34. The largest absolute Gasteiger partial charge is 0.326 e.